The molecule has 98 valence electrons. The molecule has 0 radical (unpaired) electrons. The van der Waals surface area contributed by atoms with E-state index < -0.39 is 5.38 Å². The van der Waals surface area contributed by atoms with Gasteiger partial charge in [0.15, 0.2) is 0 Å². The van der Waals surface area contributed by atoms with Crippen molar-refractivity contribution in [2.45, 2.75) is 31.1 Å². The Morgan fingerprint density at radius 3 is 2.50 bits per heavy atom. The van der Waals surface area contributed by atoms with Gasteiger partial charge >= 0.3 is 0 Å². The molecule has 1 fully saturated rings. The van der Waals surface area contributed by atoms with E-state index in [9.17, 15) is 4.79 Å². The molecule has 1 amide bonds. The van der Waals surface area contributed by atoms with E-state index in [0.717, 1.165) is 36.0 Å². The van der Waals surface area contributed by atoms with Gasteiger partial charge in [-0.1, -0.05) is 40.9 Å². The highest BCUT2D eigenvalue weighted by atomic mass is 79.9. The van der Waals surface area contributed by atoms with Crippen molar-refractivity contribution < 1.29 is 4.79 Å². The van der Waals surface area contributed by atoms with E-state index in [1.807, 2.05) is 29.2 Å². The molecule has 0 aliphatic carbocycles. The number of benzene rings is 1. The molecule has 0 N–H and O–H groups in total. The topological polar surface area (TPSA) is 20.3 Å². The number of likely N-dealkylation sites (tertiary alicyclic amines) is 1. The molecule has 2 rings (SSSR count). The molecule has 1 atom stereocenters. The lowest BCUT2D eigenvalue weighted by Crippen LogP contribution is -2.34. The summed E-state index contributed by atoms with van der Waals surface area (Å²) >= 11 is 9.71. The fourth-order valence-electron chi connectivity index (χ4n) is 2.26. The van der Waals surface area contributed by atoms with Crippen LogP contribution in [0.5, 0.6) is 0 Å². The van der Waals surface area contributed by atoms with E-state index in [1.165, 1.54) is 12.8 Å². The van der Waals surface area contributed by atoms with Crippen LogP contribution in [0.25, 0.3) is 0 Å². The minimum absolute atomic E-state index is 0.0386. The Kier molecular flexibility index (Phi) is 5.07. The van der Waals surface area contributed by atoms with E-state index in [1.54, 1.807) is 0 Å². The minimum Gasteiger partial charge on any atom is -0.341 e. The summed E-state index contributed by atoms with van der Waals surface area (Å²) in [6, 6.07) is 7.65. The SMILES string of the molecule is O=C(C(Cl)c1cccc(Br)c1)N1CCCCCC1. The molecule has 0 aromatic heterocycles. The highest BCUT2D eigenvalue weighted by Crippen LogP contribution is 2.26. The van der Waals surface area contributed by atoms with Crippen LogP contribution in [0.15, 0.2) is 28.7 Å². The smallest absolute Gasteiger partial charge is 0.245 e. The predicted octanol–water partition coefficient (Wildman–Crippen LogP) is 4.13. The van der Waals surface area contributed by atoms with Gasteiger partial charge in [-0.25, -0.2) is 0 Å². The van der Waals surface area contributed by atoms with E-state index in [-0.39, 0.29) is 5.91 Å². The van der Waals surface area contributed by atoms with Crippen LogP contribution in [-0.2, 0) is 4.79 Å². The molecule has 0 spiro atoms. The van der Waals surface area contributed by atoms with Gasteiger partial charge in [-0.3, -0.25) is 4.79 Å². The Labute approximate surface area is 121 Å². The highest BCUT2D eigenvalue weighted by Gasteiger charge is 2.24. The standard InChI is InChI=1S/C14H17BrClNO/c15-12-7-5-6-11(10-12)13(16)14(18)17-8-3-1-2-4-9-17/h5-7,10,13H,1-4,8-9H2. The minimum atomic E-state index is -0.569. The van der Waals surface area contributed by atoms with Crippen molar-refractivity contribution in [3.63, 3.8) is 0 Å². The maximum absolute atomic E-state index is 12.3. The largest absolute Gasteiger partial charge is 0.341 e. The molecule has 1 aliphatic heterocycles. The van der Waals surface area contributed by atoms with Gasteiger partial charge in [-0.15, -0.1) is 11.6 Å². The lowest BCUT2D eigenvalue weighted by molar-refractivity contribution is -0.130. The number of hydrogen-bond acceptors (Lipinski definition) is 1. The Bertz CT molecular complexity index is 416. The molecule has 1 aliphatic rings. The molecule has 1 aromatic rings. The molecule has 0 bridgehead atoms. The number of carbonyl (C=O) groups is 1. The second kappa shape index (κ2) is 6.58. The Hall–Kier alpha value is -0.540. The highest BCUT2D eigenvalue weighted by molar-refractivity contribution is 9.10. The average Bonchev–Trinajstić information content (AvgIpc) is 2.66. The number of hydrogen-bond donors (Lipinski definition) is 0. The fraction of sp³-hybridized carbons (Fsp3) is 0.500. The zero-order chi connectivity index (χ0) is 13.0. The van der Waals surface area contributed by atoms with E-state index >= 15 is 0 Å². The van der Waals surface area contributed by atoms with Crippen LogP contribution in [0, 0.1) is 0 Å². The maximum atomic E-state index is 12.3. The summed E-state index contributed by atoms with van der Waals surface area (Å²) in [5.41, 5.74) is 0.861. The lowest BCUT2D eigenvalue weighted by atomic mass is 10.1. The molecule has 1 unspecified atom stereocenters. The first-order valence-electron chi connectivity index (χ1n) is 6.37. The van der Waals surface area contributed by atoms with Gasteiger partial charge in [0, 0.05) is 17.6 Å². The number of amides is 1. The normalized spacial score (nSPS) is 18.2. The average molecular weight is 331 g/mol. The molecular formula is C14H17BrClNO. The zero-order valence-electron chi connectivity index (χ0n) is 10.2. The number of nitrogens with zero attached hydrogens (tertiary/aromatic N) is 1. The molecule has 1 heterocycles. The third kappa shape index (κ3) is 3.48. The van der Waals surface area contributed by atoms with Gasteiger partial charge in [0.25, 0.3) is 0 Å². The molecule has 1 aromatic carbocycles. The Morgan fingerprint density at radius 1 is 1.22 bits per heavy atom. The molecule has 2 nitrogen and oxygen atoms in total. The van der Waals surface area contributed by atoms with E-state index in [4.69, 9.17) is 11.6 Å². The van der Waals surface area contributed by atoms with Crippen molar-refractivity contribution >= 4 is 33.4 Å². The third-order valence-electron chi connectivity index (χ3n) is 3.28. The van der Waals surface area contributed by atoms with E-state index in [2.05, 4.69) is 15.9 Å². The molecule has 0 saturated carbocycles. The zero-order valence-corrected chi connectivity index (χ0v) is 12.6. The summed E-state index contributed by atoms with van der Waals surface area (Å²) in [7, 11) is 0. The van der Waals surface area contributed by atoms with Gasteiger partial charge in [0.2, 0.25) is 5.91 Å². The quantitative estimate of drug-likeness (QED) is 0.747. The Morgan fingerprint density at radius 2 is 1.89 bits per heavy atom. The van der Waals surface area contributed by atoms with Crippen LogP contribution in [0.2, 0.25) is 0 Å². The Balaban J connectivity index is 2.07. The van der Waals surface area contributed by atoms with Crippen LogP contribution in [0.3, 0.4) is 0 Å². The van der Waals surface area contributed by atoms with Crippen LogP contribution < -0.4 is 0 Å². The first-order chi connectivity index (χ1) is 8.68. The molecular weight excluding hydrogens is 314 g/mol. The van der Waals surface area contributed by atoms with Crippen molar-refractivity contribution in [3.05, 3.63) is 34.3 Å². The van der Waals surface area contributed by atoms with Gasteiger partial charge in [0.05, 0.1) is 0 Å². The van der Waals surface area contributed by atoms with Crippen molar-refractivity contribution in [3.8, 4) is 0 Å². The maximum Gasteiger partial charge on any atom is 0.245 e. The summed E-state index contributed by atoms with van der Waals surface area (Å²) in [5.74, 6) is 0.0386. The second-order valence-electron chi connectivity index (χ2n) is 4.66. The van der Waals surface area contributed by atoms with Crippen molar-refractivity contribution in [1.82, 2.24) is 4.90 Å². The van der Waals surface area contributed by atoms with Crippen LogP contribution >= 0.6 is 27.5 Å². The predicted molar refractivity (Wildman–Crippen MR) is 77.8 cm³/mol. The first-order valence-corrected chi connectivity index (χ1v) is 7.60. The van der Waals surface area contributed by atoms with Gasteiger partial charge < -0.3 is 4.90 Å². The van der Waals surface area contributed by atoms with Crippen LogP contribution in [0.4, 0.5) is 0 Å². The monoisotopic (exact) mass is 329 g/mol. The van der Waals surface area contributed by atoms with Gasteiger partial charge in [0.1, 0.15) is 5.38 Å². The summed E-state index contributed by atoms with van der Waals surface area (Å²) in [4.78, 5) is 14.2. The van der Waals surface area contributed by atoms with E-state index in [0.29, 0.717) is 0 Å². The van der Waals surface area contributed by atoms with Gasteiger partial charge in [-0.05, 0) is 30.5 Å². The lowest BCUT2D eigenvalue weighted by Gasteiger charge is -2.23. The van der Waals surface area contributed by atoms with Crippen molar-refractivity contribution in [1.29, 1.82) is 0 Å². The summed E-state index contributed by atoms with van der Waals surface area (Å²) < 4.78 is 0.953. The van der Waals surface area contributed by atoms with Crippen molar-refractivity contribution in [2.75, 3.05) is 13.1 Å². The fourth-order valence-corrected chi connectivity index (χ4v) is 2.95. The summed E-state index contributed by atoms with van der Waals surface area (Å²) in [6.07, 6.45) is 4.61. The summed E-state index contributed by atoms with van der Waals surface area (Å²) in [5, 5.41) is -0.569. The van der Waals surface area contributed by atoms with Crippen molar-refractivity contribution in [2.24, 2.45) is 0 Å². The summed E-state index contributed by atoms with van der Waals surface area (Å²) in [6.45, 7) is 1.69. The van der Waals surface area contributed by atoms with Gasteiger partial charge in [-0.2, -0.15) is 0 Å². The number of carbonyl (C=O) groups excluding carboxylic acids is 1. The second-order valence-corrected chi connectivity index (χ2v) is 6.01. The number of alkyl halides is 1. The number of halogens is 2. The molecule has 4 heteroatoms. The molecule has 1 saturated heterocycles. The molecule has 18 heavy (non-hydrogen) atoms. The third-order valence-corrected chi connectivity index (χ3v) is 4.21. The number of rotatable bonds is 2. The first kappa shape index (κ1) is 13.9. The van der Waals surface area contributed by atoms with Crippen LogP contribution in [-0.4, -0.2) is 23.9 Å². The van der Waals surface area contributed by atoms with Crippen LogP contribution in [0.1, 0.15) is 36.6 Å².